The molecular weight excluding hydrogens is 723 g/mol. The monoisotopic (exact) mass is 781 g/mol. The van der Waals surface area contributed by atoms with Gasteiger partial charge in [-0.3, -0.25) is 14.6 Å². The molecule has 1 amide bonds. The predicted molar refractivity (Wildman–Crippen MR) is 229 cm³/mol. The summed E-state index contributed by atoms with van der Waals surface area (Å²) in [6, 6.07) is 21.3. The Hall–Kier alpha value is -4.38. The molecule has 3 aromatic carbocycles. The van der Waals surface area contributed by atoms with Gasteiger partial charge in [-0.1, -0.05) is 44.9 Å². The number of aliphatic carboxylic acids is 1. The van der Waals surface area contributed by atoms with E-state index in [9.17, 15) is 19.2 Å². The van der Waals surface area contributed by atoms with Crippen molar-refractivity contribution in [1.29, 1.82) is 0 Å². The molecule has 2 N–H and O–H groups in total. The standard InChI is InChI=1S/C46H59N3O6S/c1-6-8-26-54-27-28-55-40-19-14-35(15-20-40)36-16-23-43-38(29-36)30-37(13-10-25-49(43)32-46(4,5)45(51)52)44(50)48-39-17-21-41(22-18-39)56(53)31-42-33(3)34(11-7-2)12-9-24-47-42/h14-24,29-30,34H,6-13,25-28,31-32H2,1-5H3,(H,48,50)(H,51,52)/b37-30+/t34?,56-/m0/s1. The number of carboxylic acid groups (broad SMARTS) is 1. The van der Waals surface area contributed by atoms with Crippen LogP contribution in [0.25, 0.3) is 17.2 Å². The first kappa shape index (κ1) is 42.8. The number of ether oxygens (including phenoxy) is 2. The molecule has 2 aliphatic heterocycles. The van der Waals surface area contributed by atoms with Crippen LogP contribution in [0.4, 0.5) is 11.4 Å². The Labute approximate surface area is 336 Å². The number of carbonyl (C=O) groups excluding carboxylic acids is 1. The maximum absolute atomic E-state index is 13.9. The molecular formula is C46H59N3O6S. The molecule has 2 atom stereocenters. The molecule has 10 heteroatoms. The number of fused-ring (bicyclic) bond motifs is 1. The minimum Gasteiger partial charge on any atom is -0.611 e. The number of anilines is 2. The molecule has 9 nitrogen and oxygen atoms in total. The molecule has 0 aliphatic carbocycles. The van der Waals surface area contributed by atoms with Gasteiger partial charge in [0, 0.05) is 42.9 Å². The summed E-state index contributed by atoms with van der Waals surface area (Å²) in [5.41, 5.74) is 6.14. The molecule has 0 fully saturated rings. The average Bonchev–Trinajstić information content (AvgIpc) is 3.35. The Kier molecular flexibility index (Phi) is 15.8. The molecule has 1 unspecified atom stereocenters. The van der Waals surface area contributed by atoms with Crippen molar-refractivity contribution in [3.05, 3.63) is 89.1 Å². The number of carboxylic acids is 1. The topological polar surface area (TPSA) is 124 Å². The highest BCUT2D eigenvalue weighted by molar-refractivity contribution is 7.91. The lowest BCUT2D eigenvalue weighted by Gasteiger charge is -2.34. The number of aliphatic imine (C=N–C) groups is 1. The SMILES string of the molecule is CCCCOCCOc1ccc(-c2ccc3c(c2)/C=C(/C(=O)Nc2ccc([S@@+]([O-])CC4=C(C)C(CCC)CCC=N4)cc2)CCCN3CC(C)(C)C(=O)O)cc1. The van der Waals surface area contributed by atoms with Crippen molar-refractivity contribution in [2.45, 2.75) is 90.9 Å². The number of amides is 1. The molecule has 3 aromatic rings. The second kappa shape index (κ2) is 20.7. The summed E-state index contributed by atoms with van der Waals surface area (Å²) in [5, 5.41) is 13.0. The number of hydrogen-bond acceptors (Lipinski definition) is 7. The highest BCUT2D eigenvalue weighted by atomic mass is 32.2. The van der Waals surface area contributed by atoms with Gasteiger partial charge in [-0.05, 0) is 153 Å². The van der Waals surface area contributed by atoms with Crippen molar-refractivity contribution in [3.8, 4) is 16.9 Å². The van der Waals surface area contributed by atoms with Gasteiger partial charge in [0.05, 0.1) is 17.7 Å². The van der Waals surface area contributed by atoms with E-state index in [4.69, 9.17) is 9.47 Å². The quantitative estimate of drug-likeness (QED) is 0.0973. The summed E-state index contributed by atoms with van der Waals surface area (Å²) in [6.07, 6.45) is 11.5. The lowest BCUT2D eigenvalue weighted by atomic mass is 9.91. The van der Waals surface area contributed by atoms with E-state index in [1.165, 1.54) is 5.57 Å². The van der Waals surface area contributed by atoms with Gasteiger partial charge in [-0.25, -0.2) is 0 Å². The number of carbonyl (C=O) groups is 2. The Morgan fingerprint density at radius 2 is 1.75 bits per heavy atom. The Morgan fingerprint density at radius 1 is 1.00 bits per heavy atom. The summed E-state index contributed by atoms with van der Waals surface area (Å²) in [5.74, 6) is 0.552. The Balaban J connectivity index is 1.33. The van der Waals surface area contributed by atoms with Crippen LogP contribution in [0.5, 0.6) is 5.75 Å². The van der Waals surface area contributed by atoms with E-state index in [1.54, 1.807) is 26.0 Å². The summed E-state index contributed by atoms with van der Waals surface area (Å²) in [6.45, 7) is 12.6. The van der Waals surface area contributed by atoms with Crippen LogP contribution in [-0.4, -0.2) is 66.4 Å². The first-order valence-corrected chi connectivity index (χ1v) is 21.5. The first-order chi connectivity index (χ1) is 27.0. The zero-order valence-corrected chi connectivity index (χ0v) is 34.6. The van der Waals surface area contributed by atoms with Gasteiger partial charge >= 0.3 is 5.97 Å². The molecule has 0 aromatic heterocycles. The number of nitrogens with zero attached hydrogens (tertiary/aromatic N) is 2. The molecule has 2 aliphatic rings. The summed E-state index contributed by atoms with van der Waals surface area (Å²) in [4.78, 5) is 33.5. The minimum atomic E-state index is -1.27. The van der Waals surface area contributed by atoms with Gasteiger partial charge in [0.2, 0.25) is 0 Å². The summed E-state index contributed by atoms with van der Waals surface area (Å²) < 4.78 is 24.9. The molecule has 0 spiro atoms. The van der Waals surface area contributed by atoms with E-state index in [0.717, 1.165) is 79.0 Å². The van der Waals surface area contributed by atoms with E-state index in [-0.39, 0.29) is 5.91 Å². The van der Waals surface area contributed by atoms with Crippen molar-refractivity contribution in [1.82, 2.24) is 0 Å². The van der Waals surface area contributed by atoms with Crippen LogP contribution in [0, 0.1) is 11.3 Å². The first-order valence-electron chi connectivity index (χ1n) is 20.1. The van der Waals surface area contributed by atoms with Gasteiger partial charge in [0.1, 0.15) is 12.4 Å². The fourth-order valence-corrected chi connectivity index (χ4v) is 8.31. The van der Waals surface area contributed by atoms with Crippen molar-refractivity contribution in [2.75, 3.05) is 48.9 Å². The van der Waals surface area contributed by atoms with Crippen LogP contribution >= 0.6 is 0 Å². The molecule has 5 rings (SSSR count). The van der Waals surface area contributed by atoms with Crippen LogP contribution in [0.15, 0.2) is 93.5 Å². The highest BCUT2D eigenvalue weighted by Crippen LogP contribution is 2.35. The van der Waals surface area contributed by atoms with Crippen LogP contribution in [0.3, 0.4) is 0 Å². The van der Waals surface area contributed by atoms with Gasteiger partial charge in [-0.15, -0.1) is 0 Å². The van der Waals surface area contributed by atoms with Crippen molar-refractivity contribution >= 4 is 46.7 Å². The van der Waals surface area contributed by atoms with Gasteiger partial charge in [0.25, 0.3) is 5.91 Å². The van der Waals surface area contributed by atoms with Crippen LogP contribution < -0.4 is 15.0 Å². The minimum absolute atomic E-state index is 0.203. The maximum atomic E-state index is 13.9. The number of hydrogen-bond donors (Lipinski definition) is 2. The van der Waals surface area contributed by atoms with E-state index < -0.39 is 22.6 Å². The highest BCUT2D eigenvalue weighted by Gasteiger charge is 2.31. The normalized spacial score (nSPS) is 17.6. The third-order valence-corrected chi connectivity index (χ3v) is 11.9. The number of rotatable bonds is 18. The van der Waals surface area contributed by atoms with E-state index in [1.807, 2.05) is 60.8 Å². The van der Waals surface area contributed by atoms with Gasteiger partial charge < -0.3 is 29.3 Å². The molecule has 0 bridgehead atoms. The Morgan fingerprint density at radius 3 is 2.46 bits per heavy atom. The van der Waals surface area contributed by atoms with Gasteiger partial charge in [-0.2, -0.15) is 0 Å². The molecule has 0 saturated heterocycles. The average molecular weight is 782 g/mol. The van der Waals surface area contributed by atoms with Crippen molar-refractivity contribution < 1.29 is 28.7 Å². The zero-order valence-electron chi connectivity index (χ0n) is 33.8. The molecule has 2 heterocycles. The van der Waals surface area contributed by atoms with Crippen molar-refractivity contribution in [3.63, 3.8) is 0 Å². The van der Waals surface area contributed by atoms with Crippen molar-refractivity contribution in [2.24, 2.45) is 16.3 Å². The lowest BCUT2D eigenvalue weighted by molar-refractivity contribution is -0.146. The third kappa shape index (κ3) is 11.8. The third-order valence-electron chi connectivity index (χ3n) is 10.6. The number of allylic oxidation sites excluding steroid dienone is 1. The van der Waals surface area contributed by atoms with Crippen LogP contribution in [0.2, 0.25) is 0 Å². The number of nitrogens with one attached hydrogen (secondary N) is 1. The largest absolute Gasteiger partial charge is 0.611 e. The zero-order chi connectivity index (χ0) is 40.1. The Bertz CT molecular complexity index is 1870. The smallest absolute Gasteiger partial charge is 0.310 e. The van der Waals surface area contributed by atoms with E-state index in [0.29, 0.717) is 67.0 Å². The maximum Gasteiger partial charge on any atom is 0.310 e. The molecule has 56 heavy (non-hydrogen) atoms. The molecule has 0 radical (unpaired) electrons. The molecule has 300 valence electrons. The second-order valence-corrected chi connectivity index (χ2v) is 16.9. The van der Waals surface area contributed by atoms with Crippen LogP contribution in [0.1, 0.15) is 91.5 Å². The number of benzene rings is 3. The fourth-order valence-electron chi connectivity index (χ4n) is 7.15. The summed E-state index contributed by atoms with van der Waals surface area (Å²) >= 11 is -1.27. The summed E-state index contributed by atoms with van der Waals surface area (Å²) in [7, 11) is 0. The van der Waals surface area contributed by atoms with Crippen LogP contribution in [-0.2, 0) is 25.5 Å². The fraction of sp³-hybridized carbons (Fsp3) is 0.457. The van der Waals surface area contributed by atoms with E-state index in [2.05, 4.69) is 42.0 Å². The lowest BCUT2D eigenvalue weighted by Crippen LogP contribution is -2.40. The predicted octanol–water partition coefficient (Wildman–Crippen LogP) is 9.94. The van der Waals surface area contributed by atoms with E-state index >= 15 is 0 Å². The second-order valence-electron chi connectivity index (χ2n) is 15.5. The number of unbranched alkanes of at least 4 members (excludes halogenated alkanes) is 1. The molecule has 0 saturated carbocycles. The van der Waals surface area contributed by atoms with Gasteiger partial charge in [0.15, 0.2) is 10.6 Å².